The van der Waals surface area contributed by atoms with Crippen molar-refractivity contribution in [1.29, 1.82) is 0 Å². The molecule has 0 saturated heterocycles. The van der Waals surface area contributed by atoms with Gasteiger partial charge in [-0.1, -0.05) is 0 Å². The average molecular weight is 248 g/mol. The van der Waals surface area contributed by atoms with Crippen LogP contribution in [0.3, 0.4) is 0 Å². The summed E-state index contributed by atoms with van der Waals surface area (Å²) in [6.07, 6.45) is 3.36. The molecule has 0 saturated carbocycles. The summed E-state index contributed by atoms with van der Waals surface area (Å²) in [5.74, 6) is -0.286. The predicted octanol–water partition coefficient (Wildman–Crippen LogP) is 0.779. The SMILES string of the molecule is CCn1cc(NC(=O)c2c(N)c(C)nn2C)cn1. The summed E-state index contributed by atoms with van der Waals surface area (Å²) in [6.45, 7) is 4.49. The van der Waals surface area contributed by atoms with Crippen molar-refractivity contribution in [1.82, 2.24) is 19.6 Å². The van der Waals surface area contributed by atoms with Gasteiger partial charge in [0, 0.05) is 19.8 Å². The summed E-state index contributed by atoms with van der Waals surface area (Å²) in [6, 6.07) is 0. The lowest BCUT2D eigenvalue weighted by Crippen LogP contribution is -2.17. The van der Waals surface area contributed by atoms with Crippen molar-refractivity contribution in [2.24, 2.45) is 7.05 Å². The van der Waals surface area contributed by atoms with E-state index in [-0.39, 0.29) is 5.91 Å². The van der Waals surface area contributed by atoms with Gasteiger partial charge in [-0.3, -0.25) is 14.2 Å². The van der Waals surface area contributed by atoms with Gasteiger partial charge in [-0.05, 0) is 13.8 Å². The van der Waals surface area contributed by atoms with Gasteiger partial charge >= 0.3 is 0 Å². The van der Waals surface area contributed by atoms with Crippen molar-refractivity contribution in [3.63, 3.8) is 0 Å². The number of rotatable bonds is 3. The summed E-state index contributed by atoms with van der Waals surface area (Å²) >= 11 is 0. The Morgan fingerprint density at radius 1 is 1.56 bits per heavy atom. The number of carbonyl (C=O) groups excluding carboxylic acids is 1. The molecule has 0 unspecified atom stereocenters. The third-order valence-corrected chi connectivity index (χ3v) is 2.70. The van der Waals surface area contributed by atoms with Crippen molar-refractivity contribution in [3.8, 4) is 0 Å². The first-order chi connectivity index (χ1) is 8.52. The van der Waals surface area contributed by atoms with Crippen molar-refractivity contribution in [2.45, 2.75) is 20.4 Å². The van der Waals surface area contributed by atoms with Gasteiger partial charge in [-0.2, -0.15) is 10.2 Å². The summed E-state index contributed by atoms with van der Waals surface area (Å²) < 4.78 is 3.21. The Balaban J connectivity index is 2.21. The van der Waals surface area contributed by atoms with Gasteiger partial charge in [0.1, 0.15) is 5.69 Å². The van der Waals surface area contributed by atoms with E-state index < -0.39 is 0 Å². The smallest absolute Gasteiger partial charge is 0.276 e. The first kappa shape index (κ1) is 12.2. The van der Waals surface area contributed by atoms with Crippen LogP contribution in [-0.4, -0.2) is 25.5 Å². The molecule has 2 aromatic heterocycles. The molecule has 0 aromatic carbocycles. The number of hydrogen-bond acceptors (Lipinski definition) is 4. The van der Waals surface area contributed by atoms with Crippen LogP contribution in [0.1, 0.15) is 23.1 Å². The Morgan fingerprint density at radius 3 is 2.78 bits per heavy atom. The molecule has 0 aliphatic carbocycles. The van der Waals surface area contributed by atoms with Crippen LogP contribution in [0.5, 0.6) is 0 Å². The van der Waals surface area contributed by atoms with E-state index in [2.05, 4.69) is 15.5 Å². The molecular weight excluding hydrogens is 232 g/mol. The van der Waals surface area contributed by atoms with Gasteiger partial charge in [-0.15, -0.1) is 0 Å². The molecule has 0 fully saturated rings. The Hall–Kier alpha value is -2.31. The molecule has 3 N–H and O–H groups in total. The predicted molar refractivity (Wildman–Crippen MR) is 68.2 cm³/mol. The summed E-state index contributed by atoms with van der Waals surface area (Å²) in [4.78, 5) is 12.1. The van der Waals surface area contributed by atoms with Crippen LogP contribution in [0, 0.1) is 6.92 Å². The number of nitrogens with one attached hydrogen (secondary N) is 1. The van der Waals surface area contributed by atoms with Crippen LogP contribution in [0.25, 0.3) is 0 Å². The quantitative estimate of drug-likeness (QED) is 0.839. The fourth-order valence-electron chi connectivity index (χ4n) is 1.74. The average Bonchev–Trinajstić information content (AvgIpc) is 2.85. The highest BCUT2D eigenvalue weighted by molar-refractivity contribution is 6.06. The van der Waals surface area contributed by atoms with Crippen molar-refractivity contribution in [3.05, 3.63) is 23.8 Å². The maximum atomic E-state index is 12.1. The first-order valence-electron chi connectivity index (χ1n) is 5.65. The van der Waals surface area contributed by atoms with Crippen molar-refractivity contribution < 1.29 is 4.79 Å². The number of aromatic nitrogens is 4. The second-order valence-electron chi connectivity index (χ2n) is 4.01. The minimum Gasteiger partial charge on any atom is -0.395 e. The van der Waals surface area contributed by atoms with Crippen LogP contribution in [0.2, 0.25) is 0 Å². The number of amides is 1. The van der Waals surface area contributed by atoms with E-state index in [9.17, 15) is 4.79 Å². The maximum Gasteiger partial charge on any atom is 0.276 e. The van der Waals surface area contributed by atoms with Crippen molar-refractivity contribution >= 4 is 17.3 Å². The lowest BCUT2D eigenvalue weighted by molar-refractivity contribution is 0.101. The van der Waals surface area contributed by atoms with Crippen molar-refractivity contribution in [2.75, 3.05) is 11.1 Å². The zero-order chi connectivity index (χ0) is 13.3. The molecule has 0 atom stereocenters. The largest absolute Gasteiger partial charge is 0.395 e. The van der Waals surface area contributed by atoms with Gasteiger partial charge in [0.05, 0.1) is 23.3 Å². The molecule has 7 nitrogen and oxygen atoms in total. The zero-order valence-electron chi connectivity index (χ0n) is 10.6. The van der Waals surface area contributed by atoms with E-state index in [1.54, 1.807) is 31.0 Å². The summed E-state index contributed by atoms with van der Waals surface area (Å²) in [5, 5.41) is 10.9. The first-order valence-corrected chi connectivity index (χ1v) is 5.65. The number of nitrogens with two attached hydrogens (primary N) is 1. The number of nitrogens with zero attached hydrogens (tertiary/aromatic N) is 4. The van der Waals surface area contributed by atoms with Crippen LogP contribution >= 0.6 is 0 Å². The molecule has 2 heterocycles. The van der Waals surface area contributed by atoms with Crippen LogP contribution < -0.4 is 11.1 Å². The minimum absolute atomic E-state index is 0.286. The van der Waals surface area contributed by atoms with Gasteiger partial charge in [0.15, 0.2) is 0 Å². The third kappa shape index (κ3) is 2.06. The van der Waals surface area contributed by atoms with Crippen LogP contribution in [0.4, 0.5) is 11.4 Å². The standard InChI is InChI=1S/C11H16N6O/c1-4-17-6-8(5-13-17)14-11(18)10-9(12)7(2)15-16(10)3/h5-6H,4,12H2,1-3H3,(H,14,18). The molecule has 0 spiro atoms. The molecule has 7 heteroatoms. The van der Waals surface area contributed by atoms with E-state index in [0.29, 0.717) is 22.8 Å². The summed E-state index contributed by atoms with van der Waals surface area (Å²) in [7, 11) is 1.69. The molecular formula is C11H16N6O. The molecule has 18 heavy (non-hydrogen) atoms. The number of nitrogen functional groups attached to an aromatic ring is 1. The van der Waals surface area contributed by atoms with Gasteiger partial charge in [0.2, 0.25) is 0 Å². The monoisotopic (exact) mass is 248 g/mol. The maximum absolute atomic E-state index is 12.1. The Bertz CT molecular complexity index is 582. The lowest BCUT2D eigenvalue weighted by Gasteiger charge is -2.03. The van der Waals surface area contributed by atoms with Gasteiger partial charge in [0.25, 0.3) is 5.91 Å². The van der Waals surface area contributed by atoms with Crippen LogP contribution in [0.15, 0.2) is 12.4 Å². The number of hydrogen-bond donors (Lipinski definition) is 2. The Kier molecular flexibility index (Phi) is 3.05. The number of carbonyl (C=O) groups is 1. The molecule has 0 bridgehead atoms. The molecule has 2 rings (SSSR count). The second-order valence-corrected chi connectivity index (χ2v) is 4.01. The lowest BCUT2D eigenvalue weighted by atomic mass is 10.3. The topological polar surface area (TPSA) is 90.8 Å². The van der Waals surface area contributed by atoms with Gasteiger partial charge < -0.3 is 11.1 Å². The molecule has 0 radical (unpaired) electrons. The highest BCUT2D eigenvalue weighted by Gasteiger charge is 2.18. The molecule has 96 valence electrons. The Labute approximate surface area is 105 Å². The third-order valence-electron chi connectivity index (χ3n) is 2.70. The zero-order valence-corrected chi connectivity index (χ0v) is 10.6. The highest BCUT2D eigenvalue weighted by atomic mass is 16.2. The van der Waals surface area contributed by atoms with E-state index in [0.717, 1.165) is 6.54 Å². The van der Waals surface area contributed by atoms with E-state index >= 15 is 0 Å². The molecule has 0 aliphatic rings. The van der Waals surface area contributed by atoms with Crippen LogP contribution in [-0.2, 0) is 13.6 Å². The number of aryl methyl sites for hydroxylation is 3. The normalized spacial score (nSPS) is 10.6. The molecule has 2 aromatic rings. The fraction of sp³-hybridized carbons (Fsp3) is 0.364. The second kappa shape index (κ2) is 4.52. The van der Waals surface area contributed by atoms with E-state index in [1.807, 2.05) is 6.92 Å². The Morgan fingerprint density at radius 2 is 2.28 bits per heavy atom. The fourth-order valence-corrected chi connectivity index (χ4v) is 1.74. The van der Waals surface area contributed by atoms with Gasteiger partial charge in [-0.25, -0.2) is 0 Å². The summed E-state index contributed by atoms with van der Waals surface area (Å²) in [5.41, 5.74) is 7.87. The minimum atomic E-state index is -0.286. The van der Waals surface area contributed by atoms with E-state index in [4.69, 9.17) is 5.73 Å². The van der Waals surface area contributed by atoms with E-state index in [1.165, 1.54) is 4.68 Å². The molecule has 0 aliphatic heterocycles. The highest BCUT2D eigenvalue weighted by Crippen LogP contribution is 2.17. The molecule has 1 amide bonds. The number of anilines is 2.